The molecule has 0 radical (unpaired) electrons. The second kappa shape index (κ2) is 8.26. The molecule has 0 saturated heterocycles. The van der Waals surface area contributed by atoms with Crippen LogP contribution in [0.5, 0.6) is 0 Å². The van der Waals surface area contributed by atoms with E-state index in [1.807, 2.05) is 37.3 Å². The third-order valence-electron chi connectivity index (χ3n) is 2.68. The normalized spacial score (nSPS) is 10.0. The number of benzene rings is 1. The number of nitrogens with zero attached hydrogens (tertiary/aromatic N) is 1. The monoisotopic (exact) mass is 263 g/mol. The zero-order valence-electron chi connectivity index (χ0n) is 11.3. The Labute approximate surface area is 113 Å². The first kappa shape index (κ1) is 15.2. The van der Waals surface area contributed by atoms with Gasteiger partial charge in [0.15, 0.2) is 0 Å². The number of nitrogens with two attached hydrogens (primary N) is 1. The molecule has 0 aliphatic heterocycles. The predicted octanol–water partition coefficient (Wildman–Crippen LogP) is 0.500. The van der Waals surface area contributed by atoms with Crippen molar-refractivity contribution in [2.75, 3.05) is 19.6 Å². The lowest BCUT2D eigenvalue weighted by molar-refractivity contribution is -0.133. The number of nitrogens with one attached hydrogen (secondary N) is 1. The lowest BCUT2D eigenvalue weighted by Gasteiger charge is -2.22. The highest BCUT2D eigenvalue weighted by molar-refractivity contribution is 5.85. The fourth-order valence-corrected chi connectivity index (χ4v) is 1.72. The van der Waals surface area contributed by atoms with Gasteiger partial charge < -0.3 is 16.0 Å². The van der Waals surface area contributed by atoms with E-state index in [1.54, 1.807) is 4.90 Å². The van der Waals surface area contributed by atoms with Crippen molar-refractivity contribution in [3.63, 3.8) is 0 Å². The van der Waals surface area contributed by atoms with Gasteiger partial charge >= 0.3 is 0 Å². The molecular weight excluding hydrogens is 242 g/mol. The SMILES string of the molecule is CCCN(Cc1ccccc1)C(=O)CNC(=O)CN. The largest absolute Gasteiger partial charge is 0.346 e. The van der Waals surface area contributed by atoms with Crippen LogP contribution in [0.25, 0.3) is 0 Å². The minimum Gasteiger partial charge on any atom is -0.346 e. The number of carbonyl (C=O) groups excluding carboxylic acids is 2. The Morgan fingerprint density at radius 1 is 1.26 bits per heavy atom. The molecule has 3 N–H and O–H groups in total. The maximum atomic E-state index is 12.0. The molecule has 0 heterocycles. The van der Waals surface area contributed by atoms with E-state index >= 15 is 0 Å². The van der Waals surface area contributed by atoms with Gasteiger partial charge in [0.2, 0.25) is 11.8 Å². The van der Waals surface area contributed by atoms with Gasteiger partial charge in [-0.25, -0.2) is 0 Å². The van der Waals surface area contributed by atoms with Gasteiger partial charge in [-0.05, 0) is 12.0 Å². The van der Waals surface area contributed by atoms with Crippen LogP contribution in [0.2, 0.25) is 0 Å². The van der Waals surface area contributed by atoms with E-state index in [9.17, 15) is 9.59 Å². The summed E-state index contributed by atoms with van der Waals surface area (Å²) in [6, 6.07) is 9.79. The molecule has 0 aromatic heterocycles. The molecule has 0 unspecified atom stereocenters. The molecule has 1 rings (SSSR count). The topological polar surface area (TPSA) is 75.4 Å². The molecule has 0 aliphatic carbocycles. The molecule has 0 saturated carbocycles. The van der Waals surface area contributed by atoms with Crippen LogP contribution in [0.4, 0.5) is 0 Å². The highest BCUT2D eigenvalue weighted by atomic mass is 16.2. The molecule has 0 aliphatic rings. The standard InChI is InChI=1S/C14H21N3O2/c1-2-8-17(11-12-6-4-3-5-7-12)14(19)10-16-13(18)9-15/h3-7H,2,8-11,15H2,1H3,(H,16,18). The predicted molar refractivity (Wildman–Crippen MR) is 74.2 cm³/mol. The number of rotatable bonds is 7. The lowest BCUT2D eigenvalue weighted by atomic mass is 10.2. The van der Waals surface area contributed by atoms with E-state index in [4.69, 9.17) is 5.73 Å². The Morgan fingerprint density at radius 2 is 1.95 bits per heavy atom. The van der Waals surface area contributed by atoms with Crippen molar-refractivity contribution in [3.05, 3.63) is 35.9 Å². The molecule has 1 aromatic rings. The van der Waals surface area contributed by atoms with Crippen LogP contribution >= 0.6 is 0 Å². The average Bonchev–Trinajstić information content (AvgIpc) is 2.45. The van der Waals surface area contributed by atoms with Gasteiger partial charge in [-0.1, -0.05) is 37.3 Å². The second-order valence-corrected chi connectivity index (χ2v) is 4.28. The van der Waals surface area contributed by atoms with E-state index in [0.29, 0.717) is 13.1 Å². The van der Waals surface area contributed by atoms with Gasteiger partial charge in [0, 0.05) is 13.1 Å². The van der Waals surface area contributed by atoms with Crippen molar-refractivity contribution in [2.45, 2.75) is 19.9 Å². The van der Waals surface area contributed by atoms with Crippen molar-refractivity contribution in [1.82, 2.24) is 10.2 Å². The first-order valence-electron chi connectivity index (χ1n) is 6.45. The number of amides is 2. The van der Waals surface area contributed by atoms with Crippen LogP contribution in [0, 0.1) is 0 Å². The van der Waals surface area contributed by atoms with Crippen LogP contribution in [0.3, 0.4) is 0 Å². The Balaban J connectivity index is 2.56. The van der Waals surface area contributed by atoms with Gasteiger partial charge in [0.1, 0.15) is 0 Å². The van der Waals surface area contributed by atoms with Gasteiger partial charge in [0.05, 0.1) is 13.1 Å². The minimum atomic E-state index is -0.315. The summed E-state index contributed by atoms with van der Waals surface area (Å²) in [5, 5.41) is 2.50. The molecule has 19 heavy (non-hydrogen) atoms. The summed E-state index contributed by atoms with van der Waals surface area (Å²) in [6.45, 7) is 3.16. The Bertz CT molecular complexity index is 406. The molecule has 0 bridgehead atoms. The molecule has 5 heteroatoms. The fraction of sp³-hybridized carbons (Fsp3) is 0.429. The van der Waals surface area contributed by atoms with E-state index in [-0.39, 0.29) is 24.9 Å². The molecule has 0 fully saturated rings. The summed E-state index contributed by atoms with van der Waals surface area (Å²) < 4.78 is 0. The summed E-state index contributed by atoms with van der Waals surface area (Å²) in [4.78, 5) is 24.8. The van der Waals surface area contributed by atoms with Gasteiger partial charge in [-0.15, -0.1) is 0 Å². The maximum absolute atomic E-state index is 12.0. The fourth-order valence-electron chi connectivity index (χ4n) is 1.72. The molecule has 1 aromatic carbocycles. The molecule has 0 spiro atoms. The Hall–Kier alpha value is -1.88. The summed E-state index contributed by atoms with van der Waals surface area (Å²) in [7, 11) is 0. The summed E-state index contributed by atoms with van der Waals surface area (Å²) in [5.74, 6) is -0.406. The lowest BCUT2D eigenvalue weighted by Crippen LogP contribution is -2.41. The first-order chi connectivity index (χ1) is 9.17. The van der Waals surface area contributed by atoms with Crippen LogP contribution in [-0.4, -0.2) is 36.3 Å². The van der Waals surface area contributed by atoms with Crippen LogP contribution < -0.4 is 11.1 Å². The van der Waals surface area contributed by atoms with E-state index in [1.165, 1.54) is 0 Å². The smallest absolute Gasteiger partial charge is 0.242 e. The van der Waals surface area contributed by atoms with Crippen LogP contribution in [0.15, 0.2) is 30.3 Å². The highest BCUT2D eigenvalue weighted by Gasteiger charge is 2.13. The summed E-state index contributed by atoms with van der Waals surface area (Å²) in [5.41, 5.74) is 6.26. The van der Waals surface area contributed by atoms with Crippen LogP contribution in [-0.2, 0) is 16.1 Å². The third-order valence-corrected chi connectivity index (χ3v) is 2.68. The second-order valence-electron chi connectivity index (χ2n) is 4.28. The molecule has 2 amide bonds. The van der Waals surface area contributed by atoms with Gasteiger partial charge in [-0.2, -0.15) is 0 Å². The first-order valence-corrected chi connectivity index (χ1v) is 6.45. The van der Waals surface area contributed by atoms with Crippen molar-refractivity contribution in [2.24, 2.45) is 5.73 Å². The Kier molecular flexibility index (Phi) is 6.60. The van der Waals surface area contributed by atoms with E-state index in [2.05, 4.69) is 5.32 Å². The summed E-state index contributed by atoms with van der Waals surface area (Å²) in [6.07, 6.45) is 0.878. The van der Waals surface area contributed by atoms with E-state index in [0.717, 1.165) is 12.0 Å². The molecular formula is C14H21N3O2. The quantitative estimate of drug-likeness (QED) is 0.752. The van der Waals surface area contributed by atoms with Crippen molar-refractivity contribution in [3.8, 4) is 0 Å². The van der Waals surface area contributed by atoms with Crippen molar-refractivity contribution >= 4 is 11.8 Å². The Morgan fingerprint density at radius 3 is 2.53 bits per heavy atom. The van der Waals surface area contributed by atoms with E-state index < -0.39 is 0 Å². The number of hydrogen-bond donors (Lipinski definition) is 2. The number of carbonyl (C=O) groups is 2. The zero-order valence-corrected chi connectivity index (χ0v) is 11.3. The van der Waals surface area contributed by atoms with Crippen LogP contribution in [0.1, 0.15) is 18.9 Å². The zero-order chi connectivity index (χ0) is 14.1. The molecule has 104 valence electrons. The maximum Gasteiger partial charge on any atom is 0.242 e. The molecule has 0 atom stereocenters. The van der Waals surface area contributed by atoms with Gasteiger partial charge in [-0.3, -0.25) is 9.59 Å². The third kappa shape index (κ3) is 5.52. The minimum absolute atomic E-state index is 0.00284. The van der Waals surface area contributed by atoms with Gasteiger partial charge in [0.25, 0.3) is 0 Å². The summed E-state index contributed by atoms with van der Waals surface area (Å²) >= 11 is 0. The van der Waals surface area contributed by atoms with Crippen molar-refractivity contribution < 1.29 is 9.59 Å². The average molecular weight is 263 g/mol. The van der Waals surface area contributed by atoms with Crippen molar-refractivity contribution in [1.29, 1.82) is 0 Å². The molecule has 5 nitrogen and oxygen atoms in total. The highest BCUT2D eigenvalue weighted by Crippen LogP contribution is 2.05. The number of hydrogen-bond acceptors (Lipinski definition) is 3.